The van der Waals surface area contributed by atoms with E-state index in [0.717, 1.165) is 18.4 Å². The summed E-state index contributed by atoms with van der Waals surface area (Å²) >= 11 is 5.90. The van der Waals surface area contributed by atoms with Crippen molar-refractivity contribution >= 4 is 23.0 Å². The van der Waals surface area contributed by atoms with Crippen LogP contribution >= 0.6 is 11.6 Å². The Hall–Kier alpha value is -1.29. The molecule has 2 fully saturated rings. The number of anilines is 1. The molecule has 0 aromatic heterocycles. The van der Waals surface area contributed by atoms with Gasteiger partial charge in [-0.3, -0.25) is 10.1 Å². The van der Waals surface area contributed by atoms with Gasteiger partial charge >= 0.3 is 5.69 Å². The first-order chi connectivity index (χ1) is 9.15. The summed E-state index contributed by atoms with van der Waals surface area (Å²) in [5.41, 5.74) is 0.535. The van der Waals surface area contributed by atoms with Gasteiger partial charge in [0.2, 0.25) is 0 Å². The third-order valence-corrected chi connectivity index (χ3v) is 4.91. The number of nitrogens with one attached hydrogen (secondary N) is 1. The number of nitro benzene ring substituents is 1. The van der Waals surface area contributed by atoms with Crippen molar-refractivity contribution in [3.05, 3.63) is 33.3 Å². The normalized spacial score (nSPS) is 28.6. The number of rotatable bonds is 4. The minimum Gasteiger partial charge on any atom is -0.379 e. The average Bonchev–Trinajstić information content (AvgIpc) is 2.97. The number of halogens is 1. The standard InChI is InChI=1S/C14H17ClN2O2/c15-12-2-1-3-13(14(12)17(18)19)16-8-11-7-9-4-5-10(11)6-9/h1-3,9-11,16H,4-8H2. The van der Waals surface area contributed by atoms with Crippen LogP contribution in [-0.2, 0) is 0 Å². The van der Waals surface area contributed by atoms with E-state index < -0.39 is 4.92 Å². The van der Waals surface area contributed by atoms with E-state index in [9.17, 15) is 10.1 Å². The molecule has 0 heterocycles. The SMILES string of the molecule is O=[N+]([O-])c1c(Cl)cccc1NCC1CC2CCC1C2. The summed E-state index contributed by atoms with van der Waals surface area (Å²) in [6, 6.07) is 5.04. The van der Waals surface area contributed by atoms with E-state index in [2.05, 4.69) is 5.32 Å². The molecule has 2 aliphatic carbocycles. The molecule has 4 nitrogen and oxygen atoms in total. The second-order valence-electron chi connectivity index (χ2n) is 5.71. The monoisotopic (exact) mass is 280 g/mol. The first kappa shape index (κ1) is 12.7. The first-order valence-corrected chi connectivity index (χ1v) is 7.19. The van der Waals surface area contributed by atoms with E-state index in [-0.39, 0.29) is 10.7 Å². The summed E-state index contributed by atoms with van der Waals surface area (Å²) < 4.78 is 0. The van der Waals surface area contributed by atoms with Crippen molar-refractivity contribution in [2.24, 2.45) is 17.8 Å². The third-order valence-electron chi connectivity index (χ3n) is 4.61. The molecule has 1 aromatic rings. The second-order valence-corrected chi connectivity index (χ2v) is 6.12. The molecule has 1 aromatic carbocycles. The molecular weight excluding hydrogens is 264 g/mol. The van der Waals surface area contributed by atoms with Gasteiger partial charge in [-0.2, -0.15) is 0 Å². The molecule has 0 radical (unpaired) electrons. The van der Waals surface area contributed by atoms with Crippen LogP contribution in [0, 0.1) is 27.9 Å². The Kier molecular flexibility index (Phi) is 3.35. The number of para-hydroxylation sites is 1. The molecule has 0 spiro atoms. The van der Waals surface area contributed by atoms with Crippen LogP contribution in [-0.4, -0.2) is 11.5 Å². The van der Waals surface area contributed by atoms with Crippen molar-refractivity contribution in [3.8, 4) is 0 Å². The van der Waals surface area contributed by atoms with Crippen molar-refractivity contribution in [2.75, 3.05) is 11.9 Å². The van der Waals surface area contributed by atoms with Crippen LogP contribution in [0.2, 0.25) is 5.02 Å². The molecule has 2 saturated carbocycles. The summed E-state index contributed by atoms with van der Waals surface area (Å²) in [5.74, 6) is 2.37. The van der Waals surface area contributed by atoms with E-state index in [4.69, 9.17) is 11.6 Å². The fourth-order valence-electron chi connectivity index (χ4n) is 3.71. The number of hydrogen-bond donors (Lipinski definition) is 1. The summed E-state index contributed by atoms with van der Waals surface area (Å²) in [6.07, 6.45) is 5.32. The van der Waals surface area contributed by atoms with Gasteiger partial charge < -0.3 is 5.32 Å². The lowest BCUT2D eigenvalue weighted by Crippen LogP contribution is -2.20. The van der Waals surface area contributed by atoms with Crippen LogP contribution in [0.3, 0.4) is 0 Å². The van der Waals surface area contributed by atoms with E-state index in [1.54, 1.807) is 18.2 Å². The molecule has 3 rings (SSSR count). The summed E-state index contributed by atoms with van der Waals surface area (Å²) in [7, 11) is 0. The maximum Gasteiger partial charge on any atom is 0.310 e. The second kappa shape index (κ2) is 5.00. The number of benzene rings is 1. The maximum atomic E-state index is 11.0. The molecule has 19 heavy (non-hydrogen) atoms. The minimum absolute atomic E-state index is 0.00711. The molecule has 5 heteroatoms. The molecule has 0 aliphatic heterocycles. The predicted octanol–water partition coefficient (Wildman–Crippen LogP) is 4.10. The van der Waals surface area contributed by atoms with Gasteiger partial charge in [0.15, 0.2) is 0 Å². The van der Waals surface area contributed by atoms with Gasteiger partial charge in [0.1, 0.15) is 10.7 Å². The molecular formula is C14H17ClN2O2. The van der Waals surface area contributed by atoms with Crippen molar-refractivity contribution in [1.82, 2.24) is 0 Å². The van der Waals surface area contributed by atoms with Gasteiger partial charge in [0.25, 0.3) is 0 Å². The number of nitrogens with zero attached hydrogens (tertiary/aromatic N) is 1. The van der Waals surface area contributed by atoms with Crippen LogP contribution in [0.15, 0.2) is 18.2 Å². The van der Waals surface area contributed by atoms with Gasteiger partial charge in [-0.05, 0) is 49.1 Å². The smallest absolute Gasteiger partial charge is 0.310 e. The van der Waals surface area contributed by atoms with E-state index in [0.29, 0.717) is 11.6 Å². The van der Waals surface area contributed by atoms with Gasteiger partial charge in [-0.25, -0.2) is 0 Å². The fourth-order valence-corrected chi connectivity index (χ4v) is 3.95. The highest BCUT2D eigenvalue weighted by molar-refractivity contribution is 6.33. The summed E-state index contributed by atoms with van der Waals surface area (Å²) in [4.78, 5) is 10.6. The van der Waals surface area contributed by atoms with Crippen LogP contribution in [0.25, 0.3) is 0 Å². The summed E-state index contributed by atoms with van der Waals surface area (Å²) in [5, 5.41) is 14.5. The average molecular weight is 281 g/mol. The molecule has 1 N–H and O–H groups in total. The minimum atomic E-state index is -0.411. The van der Waals surface area contributed by atoms with E-state index >= 15 is 0 Å². The largest absolute Gasteiger partial charge is 0.379 e. The zero-order valence-electron chi connectivity index (χ0n) is 10.6. The zero-order chi connectivity index (χ0) is 13.4. The molecule has 2 bridgehead atoms. The van der Waals surface area contributed by atoms with E-state index in [1.807, 2.05) is 0 Å². The molecule has 3 unspecified atom stereocenters. The van der Waals surface area contributed by atoms with Crippen molar-refractivity contribution in [1.29, 1.82) is 0 Å². The van der Waals surface area contributed by atoms with Gasteiger partial charge in [0, 0.05) is 6.54 Å². The highest BCUT2D eigenvalue weighted by Crippen LogP contribution is 2.48. The highest BCUT2D eigenvalue weighted by Gasteiger charge is 2.39. The predicted molar refractivity (Wildman–Crippen MR) is 75.5 cm³/mol. The lowest BCUT2D eigenvalue weighted by Gasteiger charge is -2.22. The topological polar surface area (TPSA) is 55.2 Å². The Morgan fingerprint density at radius 3 is 2.84 bits per heavy atom. The van der Waals surface area contributed by atoms with Crippen molar-refractivity contribution < 1.29 is 4.92 Å². The highest BCUT2D eigenvalue weighted by atomic mass is 35.5. The Morgan fingerprint density at radius 1 is 1.37 bits per heavy atom. The Morgan fingerprint density at radius 2 is 2.21 bits per heavy atom. The van der Waals surface area contributed by atoms with Crippen LogP contribution in [0.4, 0.5) is 11.4 Å². The first-order valence-electron chi connectivity index (χ1n) is 6.82. The Balaban J connectivity index is 1.70. The van der Waals surface area contributed by atoms with Gasteiger partial charge in [-0.1, -0.05) is 24.1 Å². The quantitative estimate of drug-likeness (QED) is 0.667. The fraction of sp³-hybridized carbons (Fsp3) is 0.571. The van der Waals surface area contributed by atoms with Crippen LogP contribution in [0.5, 0.6) is 0 Å². The number of fused-ring (bicyclic) bond motifs is 2. The Bertz CT molecular complexity index is 506. The van der Waals surface area contributed by atoms with E-state index in [1.165, 1.54) is 25.7 Å². The van der Waals surface area contributed by atoms with Crippen LogP contribution in [0.1, 0.15) is 25.7 Å². The maximum absolute atomic E-state index is 11.0. The molecule has 3 atom stereocenters. The lowest BCUT2D eigenvalue weighted by atomic mass is 9.89. The molecule has 102 valence electrons. The molecule has 0 saturated heterocycles. The van der Waals surface area contributed by atoms with Crippen molar-refractivity contribution in [3.63, 3.8) is 0 Å². The zero-order valence-corrected chi connectivity index (χ0v) is 11.4. The third kappa shape index (κ3) is 2.41. The lowest BCUT2D eigenvalue weighted by molar-refractivity contribution is -0.383. The molecule has 2 aliphatic rings. The molecule has 0 amide bonds. The summed E-state index contributed by atoms with van der Waals surface area (Å²) in [6.45, 7) is 0.822. The van der Waals surface area contributed by atoms with Crippen molar-refractivity contribution in [2.45, 2.75) is 25.7 Å². The van der Waals surface area contributed by atoms with Gasteiger partial charge in [0.05, 0.1) is 4.92 Å². The number of hydrogen-bond acceptors (Lipinski definition) is 3. The Labute approximate surface area is 117 Å². The van der Waals surface area contributed by atoms with Gasteiger partial charge in [-0.15, -0.1) is 0 Å². The number of nitro groups is 1. The van der Waals surface area contributed by atoms with Crippen LogP contribution < -0.4 is 5.32 Å².